The van der Waals surface area contributed by atoms with Crippen LogP contribution >= 0.6 is 0 Å². The number of halogens is 3. The van der Waals surface area contributed by atoms with Crippen LogP contribution in [0, 0.1) is 0 Å². The van der Waals surface area contributed by atoms with Crippen molar-refractivity contribution in [2.75, 3.05) is 18.4 Å². The molecule has 0 unspecified atom stereocenters. The fourth-order valence-corrected chi connectivity index (χ4v) is 1.27. The third-order valence-electron chi connectivity index (χ3n) is 1.97. The summed E-state index contributed by atoms with van der Waals surface area (Å²) in [5, 5.41) is 4.85. The van der Waals surface area contributed by atoms with Gasteiger partial charge in [-0.15, -0.1) is 0 Å². The van der Waals surface area contributed by atoms with E-state index in [1.54, 1.807) is 0 Å². The van der Waals surface area contributed by atoms with Crippen molar-refractivity contribution < 1.29 is 18.0 Å². The van der Waals surface area contributed by atoms with Crippen molar-refractivity contribution in [3.63, 3.8) is 0 Å². The van der Waals surface area contributed by atoms with Gasteiger partial charge in [0, 0.05) is 18.8 Å². The number of carbonyl (C=O) groups is 1. The highest BCUT2D eigenvalue weighted by molar-refractivity contribution is 5.71. The van der Waals surface area contributed by atoms with Crippen LogP contribution < -0.4 is 16.4 Å². The zero-order valence-electron chi connectivity index (χ0n) is 8.84. The highest BCUT2D eigenvalue weighted by Gasteiger charge is 2.32. The minimum atomic E-state index is -4.40. The van der Waals surface area contributed by atoms with Crippen molar-refractivity contribution in [2.45, 2.75) is 6.18 Å². The third kappa shape index (κ3) is 4.21. The topological polar surface area (TPSA) is 67.2 Å². The first-order valence-corrected chi connectivity index (χ1v) is 4.84. The van der Waals surface area contributed by atoms with E-state index in [9.17, 15) is 18.0 Å². The second kappa shape index (κ2) is 5.42. The fourth-order valence-electron chi connectivity index (χ4n) is 1.27. The van der Waals surface area contributed by atoms with Crippen molar-refractivity contribution >= 4 is 11.7 Å². The number of anilines is 1. The van der Waals surface area contributed by atoms with Gasteiger partial charge >= 0.3 is 12.2 Å². The Morgan fingerprint density at radius 2 is 1.88 bits per heavy atom. The number of para-hydroxylation sites is 1. The molecular formula is C10H12F3N3O. The number of alkyl halides is 3. The lowest BCUT2D eigenvalue weighted by molar-refractivity contribution is -0.136. The summed E-state index contributed by atoms with van der Waals surface area (Å²) in [4.78, 5) is 10.3. The van der Waals surface area contributed by atoms with Crippen LogP contribution in [0.4, 0.5) is 23.7 Å². The molecule has 0 bridgehead atoms. The molecule has 94 valence electrons. The van der Waals surface area contributed by atoms with E-state index in [0.29, 0.717) is 0 Å². The Morgan fingerprint density at radius 1 is 1.24 bits per heavy atom. The molecule has 0 spiro atoms. The molecule has 0 aromatic heterocycles. The van der Waals surface area contributed by atoms with E-state index >= 15 is 0 Å². The van der Waals surface area contributed by atoms with Gasteiger partial charge in [0.15, 0.2) is 0 Å². The van der Waals surface area contributed by atoms with E-state index in [-0.39, 0.29) is 18.8 Å². The molecule has 0 atom stereocenters. The number of rotatable bonds is 4. The molecule has 1 aromatic rings. The molecule has 4 nitrogen and oxygen atoms in total. The Morgan fingerprint density at radius 3 is 2.47 bits per heavy atom. The molecule has 4 N–H and O–H groups in total. The molecule has 0 saturated heterocycles. The lowest BCUT2D eigenvalue weighted by Gasteiger charge is -2.14. The summed E-state index contributed by atoms with van der Waals surface area (Å²) in [6, 6.07) is 4.42. The van der Waals surface area contributed by atoms with Crippen LogP contribution in [0.1, 0.15) is 5.56 Å². The summed E-state index contributed by atoms with van der Waals surface area (Å²) >= 11 is 0. The molecule has 0 heterocycles. The van der Waals surface area contributed by atoms with Crippen molar-refractivity contribution in [1.82, 2.24) is 5.32 Å². The van der Waals surface area contributed by atoms with Gasteiger partial charge in [0.05, 0.1) is 5.56 Å². The number of nitrogens with two attached hydrogens (primary N) is 1. The van der Waals surface area contributed by atoms with Crippen LogP contribution in [0.3, 0.4) is 0 Å². The predicted octanol–water partition coefficient (Wildman–Crippen LogP) is 1.79. The number of urea groups is 1. The van der Waals surface area contributed by atoms with Gasteiger partial charge in [0.2, 0.25) is 0 Å². The van der Waals surface area contributed by atoms with E-state index in [1.807, 2.05) is 0 Å². The number of carbonyl (C=O) groups excluding carboxylic acids is 1. The van der Waals surface area contributed by atoms with Gasteiger partial charge < -0.3 is 16.4 Å². The maximum absolute atomic E-state index is 12.6. The zero-order chi connectivity index (χ0) is 12.9. The number of primary amides is 1. The molecule has 0 aliphatic heterocycles. The Hall–Kier alpha value is -1.92. The van der Waals surface area contributed by atoms with Gasteiger partial charge in [0.1, 0.15) is 0 Å². The van der Waals surface area contributed by atoms with Gasteiger partial charge in [-0.05, 0) is 12.1 Å². The van der Waals surface area contributed by atoms with E-state index in [4.69, 9.17) is 5.73 Å². The van der Waals surface area contributed by atoms with Crippen molar-refractivity contribution in [3.05, 3.63) is 29.8 Å². The number of benzene rings is 1. The first kappa shape index (κ1) is 13.1. The molecule has 17 heavy (non-hydrogen) atoms. The molecular weight excluding hydrogens is 235 g/mol. The molecule has 2 amide bonds. The maximum atomic E-state index is 12.6. The monoisotopic (exact) mass is 247 g/mol. The molecule has 1 aromatic carbocycles. The second-order valence-electron chi connectivity index (χ2n) is 3.26. The fraction of sp³-hybridized carbons (Fsp3) is 0.300. The van der Waals surface area contributed by atoms with Crippen LogP contribution in [0.5, 0.6) is 0 Å². The third-order valence-corrected chi connectivity index (χ3v) is 1.97. The van der Waals surface area contributed by atoms with Crippen molar-refractivity contribution in [2.24, 2.45) is 5.73 Å². The molecule has 1 rings (SSSR count). The van der Waals surface area contributed by atoms with Gasteiger partial charge in [-0.1, -0.05) is 12.1 Å². The number of amides is 2. The van der Waals surface area contributed by atoms with Gasteiger partial charge in [-0.2, -0.15) is 13.2 Å². The summed E-state index contributed by atoms with van der Waals surface area (Å²) < 4.78 is 37.7. The van der Waals surface area contributed by atoms with E-state index in [0.717, 1.165) is 6.07 Å². The summed E-state index contributed by atoms with van der Waals surface area (Å²) in [6.45, 7) is 0.317. The van der Waals surface area contributed by atoms with Gasteiger partial charge in [-0.25, -0.2) is 4.79 Å². The largest absolute Gasteiger partial charge is 0.418 e. The van der Waals surface area contributed by atoms with Crippen LogP contribution in [0.25, 0.3) is 0 Å². The highest BCUT2D eigenvalue weighted by atomic mass is 19.4. The molecule has 0 aliphatic carbocycles. The summed E-state index contributed by atoms with van der Waals surface area (Å²) in [6.07, 6.45) is -4.40. The lowest BCUT2D eigenvalue weighted by atomic mass is 10.1. The van der Waals surface area contributed by atoms with E-state index in [2.05, 4.69) is 10.6 Å². The van der Waals surface area contributed by atoms with E-state index < -0.39 is 17.8 Å². The van der Waals surface area contributed by atoms with Gasteiger partial charge in [-0.3, -0.25) is 0 Å². The quantitative estimate of drug-likeness (QED) is 0.710. The first-order chi connectivity index (χ1) is 7.91. The van der Waals surface area contributed by atoms with Crippen molar-refractivity contribution in [3.8, 4) is 0 Å². The Balaban J connectivity index is 2.62. The summed E-state index contributed by atoms with van der Waals surface area (Å²) in [5.74, 6) is 0. The molecule has 0 fully saturated rings. The normalized spacial score (nSPS) is 11.0. The standard InChI is InChI=1S/C10H12F3N3O/c11-10(12,13)7-3-1-2-4-8(7)15-5-6-16-9(14)17/h1-4,15H,5-6H2,(H3,14,16,17). The average molecular weight is 247 g/mol. The van der Waals surface area contributed by atoms with Crippen LogP contribution in [0.15, 0.2) is 24.3 Å². The van der Waals surface area contributed by atoms with E-state index in [1.165, 1.54) is 18.2 Å². The minimum Gasteiger partial charge on any atom is -0.383 e. The maximum Gasteiger partial charge on any atom is 0.418 e. The molecule has 7 heteroatoms. The molecule has 0 aliphatic rings. The Bertz CT molecular complexity index is 393. The Kier molecular flexibility index (Phi) is 4.19. The predicted molar refractivity (Wildman–Crippen MR) is 57.5 cm³/mol. The SMILES string of the molecule is NC(=O)NCCNc1ccccc1C(F)(F)F. The molecule has 0 radical (unpaired) electrons. The lowest BCUT2D eigenvalue weighted by Crippen LogP contribution is -2.33. The highest BCUT2D eigenvalue weighted by Crippen LogP contribution is 2.34. The number of hydrogen-bond donors (Lipinski definition) is 3. The van der Waals surface area contributed by atoms with Crippen molar-refractivity contribution in [1.29, 1.82) is 0 Å². The molecule has 0 saturated carbocycles. The van der Waals surface area contributed by atoms with Crippen LogP contribution in [-0.4, -0.2) is 19.1 Å². The number of hydrogen-bond acceptors (Lipinski definition) is 2. The van der Waals surface area contributed by atoms with Gasteiger partial charge in [0.25, 0.3) is 0 Å². The average Bonchev–Trinajstić information content (AvgIpc) is 2.23. The zero-order valence-corrected chi connectivity index (χ0v) is 8.84. The second-order valence-corrected chi connectivity index (χ2v) is 3.26. The smallest absolute Gasteiger partial charge is 0.383 e. The van der Waals surface area contributed by atoms with Crippen LogP contribution in [-0.2, 0) is 6.18 Å². The van der Waals surface area contributed by atoms with Crippen LogP contribution in [0.2, 0.25) is 0 Å². The minimum absolute atomic E-state index is 0.0220. The Labute approximate surface area is 96.0 Å². The summed E-state index contributed by atoms with van der Waals surface area (Å²) in [7, 11) is 0. The first-order valence-electron chi connectivity index (χ1n) is 4.84. The number of nitrogens with one attached hydrogen (secondary N) is 2. The summed E-state index contributed by atoms with van der Waals surface area (Å²) in [5.41, 5.74) is 4.05.